The number of nitrogens with zero attached hydrogens (tertiary/aromatic N) is 3. The molecule has 1 aliphatic heterocycles. The number of aromatic nitrogens is 1. The van der Waals surface area contributed by atoms with E-state index in [4.69, 9.17) is 0 Å². The molecule has 1 aromatic heterocycles. The van der Waals surface area contributed by atoms with Crippen LogP contribution in [0.1, 0.15) is 26.7 Å². The highest BCUT2D eigenvalue weighted by atomic mass is 79.9. The van der Waals surface area contributed by atoms with Crippen LogP contribution in [0.2, 0.25) is 0 Å². The number of hydrogen-bond donors (Lipinski definition) is 0. The zero-order valence-electron chi connectivity index (χ0n) is 17.6. The zero-order valence-corrected chi connectivity index (χ0v) is 20.0. The summed E-state index contributed by atoms with van der Waals surface area (Å²) in [6.45, 7) is 6.60. The number of fused-ring (bicyclic) bond motifs is 1. The number of halogens is 1. The molecule has 2 aromatic carbocycles. The van der Waals surface area contributed by atoms with Crippen molar-refractivity contribution in [2.75, 3.05) is 25.0 Å². The molecular weight excluding hydrogens is 462 g/mol. The Morgan fingerprint density at radius 2 is 1.73 bits per heavy atom. The Morgan fingerprint density at radius 3 is 2.40 bits per heavy atom. The van der Waals surface area contributed by atoms with Gasteiger partial charge in [0.15, 0.2) is 0 Å². The molecule has 0 saturated carbocycles. The molecule has 0 spiro atoms. The number of hydrogen-bond acceptors (Lipinski definition) is 4. The van der Waals surface area contributed by atoms with E-state index in [0.29, 0.717) is 22.1 Å². The summed E-state index contributed by atoms with van der Waals surface area (Å²) in [6, 6.07) is 15.6. The van der Waals surface area contributed by atoms with Gasteiger partial charge in [0.25, 0.3) is 10.0 Å². The van der Waals surface area contributed by atoms with Crippen LogP contribution in [0.4, 0.5) is 5.69 Å². The number of likely N-dealkylation sites (tertiary alicyclic amines) is 1. The Labute approximate surface area is 187 Å². The normalized spacial score (nSPS) is 16.4. The van der Waals surface area contributed by atoms with Gasteiger partial charge in [0.05, 0.1) is 5.52 Å². The van der Waals surface area contributed by atoms with Gasteiger partial charge in [-0.15, -0.1) is 0 Å². The van der Waals surface area contributed by atoms with Crippen LogP contribution in [0.15, 0.2) is 64.1 Å². The lowest BCUT2D eigenvalue weighted by Crippen LogP contribution is -2.47. The van der Waals surface area contributed by atoms with Crippen LogP contribution in [0.3, 0.4) is 0 Å². The average Bonchev–Trinajstić information content (AvgIpc) is 3.15. The lowest BCUT2D eigenvalue weighted by atomic mass is 10.00. The fourth-order valence-electron chi connectivity index (χ4n) is 4.49. The van der Waals surface area contributed by atoms with Crippen molar-refractivity contribution in [2.45, 2.75) is 43.7 Å². The predicted octanol–water partition coefficient (Wildman–Crippen LogP) is 4.95. The van der Waals surface area contributed by atoms with E-state index in [0.717, 1.165) is 37.0 Å². The van der Waals surface area contributed by atoms with Gasteiger partial charge in [0.2, 0.25) is 0 Å². The minimum absolute atomic E-state index is 0.268. The molecule has 30 heavy (non-hydrogen) atoms. The van der Waals surface area contributed by atoms with Crippen LogP contribution in [-0.2, 0) is 10.0 Å². The summed E-state index contributed by atoms with van der Waals surface area (Å²) >= 11 is 3.39. The second kappa shape index (κ2) is 8.36. The van der Waals surface area contributed by atoms with Crippen LogP contribution in [0.5, 0.6) is 0 Å². The number of anilines is 1. The molecule has 4 rings (SSSR count). The summed E-state index contributed by atoms with van der Waals surface area (Å²) in [7, 11) is -1.53. The van der Waals surface area contributed by atoms with Gasteiger partial charge in [0, 0.05) is 33.8 Å². The van der Waals surface area contributed by atoms with Crippen LogP contribution >= 0.6 is 15.9 Å². The second-order valence-corrected chi connectivity index (χ2v) is 10.9. The highest BCUT2D eigenvalue weighted by molar-refractivity contribution is 9.10. The molecule has 0 aliphatic carbocycles. The van der Waals surface area contributed by atoms with E-state index in [-0.39, 0.29) is 4.90 Å². The molecule has 2 heterocycles. The highest BCUT2D eigenvalue weighted by Crippen LogP contribution is 2.35. The monoisotopic (exact) mass is 489 g/mol. The van der Waals surface area contributed by atoms with Crippen molar-refractivity contribution in [1.82, 2.24) is 8.87 Å². The van der Waals surface area contributed by atoms with Gasteiger partial charge in [0.1, 0.15) is 4.90 Å². The van der Waals surface area contributed by atoms with Gasteiger partial charge in [-0.1, -0.05) is 18.2 Å². The summed E-state index contributed by atoms with van der Waals surface area (Å²) < 4.78 is 28.8. The minimum Gasteiger partial charge on any atom is -0.365 e. The van der Waals surface area contributed by atoms with E-state index >= 15 is 0 Å². The van der Waals surface area contributed by atoms with Gasteiger partial charge >= 0.3 is 0 Å². The fourth-order valence-corrected chi connectivity index (χ4v) is 6.81. The molecule has 0 atom stereocenters. The smallest absolute Gasteiger partial charge is 0.269 e. The van der Waals surface area contributed by atoms with E-state index in [2.05, 4.69) is 52.7 Å². The molecule has 5 nitrogen and oxygen atoms in total. The number of benzene rings is 2. The summed E-state index contributed by atoms with van der Waals surface area (Å²) in [5.41, 5.74) is 1.82. The molecule has 0 N–H and O–H groups in total. The summed E-state index contributed by atoms with van der Waals surface area (Å²) in [6.07, 6.45) is 3.90. The Morgan fingerprint density at radius 1 is 1.03 bits per heavy atom. The maximum absolute atomic E-state index is 13.4. The van der Waals surface area contributed by atoms with E-state index in [1.165, 1.54) is 3.97 Å². The van der Waals surface area contributed by atoms with Crippen molar-refractivity contribution >= 4 is 42.5 Å². The van der Waals surface area contributed by atoms with Gasteiger partial charge in [-0.3, -0.25) is 0 Å². The van der Waals surface area contributed by atoms with Crippen molar-refractivity contribution in [2.24, 2.45) is 0 Å². The SMILES string of the molecule is CC(C)N(c1cccc2c1ccn2S(=O)(=O)c1ccccc1Br)C1CCN(C)CC1. The second-order valence-electron chi connectivity index (χ2n) is 8.29. The van der Waals surface area contributed by atoms with Gasteiger partial charge in [-0.25, -0.2) is 12.4 Å². The largest absolute Gasteiger partial charge is 0.365 e. The first kappa shape index (κ1) is 21.4. The van der Waals surface area contributed by atoms with Gasteiger partial charge in [-0.05, 0) is 93.1 Å². The third-order valence-corrected chi connectivity index (χ3v) is 8.67. The Balaban J connectivity index is 1.81. The average molecular weight is 490 g/mol. The molecule has 160 valence electrons. The first-order valence-electron chi connectivity index (χ1n) is 10.4. The van der Waals surface area contributed by atoms with E-state index in [1.807, 2.05) is 24.3 Å². The molecule has 3 aromatic rings. The zero-order chi connectivity index (χ0) is 21.5. The molecule has 0 unspecified atom stereocenters. The van der Waals surface area contributed by atoms with E-state index in [1.54, 1.807) is 24.4 Å². The van der Waals surface area contributed by atoms with Crippen molar-refractivity contribution in [3.63, 3.8) is 0 Å². The van der Waals surface area contributed by atoms with Crippen LogP contribution in [-0.4, -0.2) is 49.5 Å². The Hall–Kier alpha value is -1.83. The molecule has 0 bridgehead atoms. The van der Waals surface area contributed by atoms with Crippen LogP contribution < -0.4 is 4.90 Å². The molecule has 1 fully saturated rings. The molecule has 1 aliphatic rings. The number of piperidine rings is 1. The topological polar surface area (TPSA) is 45.6 Å². The lowest BCUT2D eigenvalue weighted by Gasteiger charge is -2.41. The predicted molar refractivity (Wildman–Crippen MR) is 127 cm³/mol. The maximum Gasteiger partial charge on any atom is 0.269 e. The molecule has 1 saturated heterocycles. The van der Waals surface area contributed by atoms with E-state index in [9.17, 15) is 8.42 Å². The third kappa shape index (κ3) is 3.79. The van der Waals surface area contributed by atoms with Crippen molar-refractivity contribution in [1.29, 1.82) is 0 Å². The highest BCUT2D eigenvalue weighted by Gasteiger charge is 2.28. The molecule has 0 amide bonds. The summed E-state index contributed by atoms with van der Waals surface area (Å²) in [4.78, 5) is 5.12. The maximum atomic E-state index is 13.4. The van der Waals surface area contributed by atoms with Crippen LogP contribution in [0.25, 0.3) is 10.9 Å². The molecule has 0 radical (unpaired) electrons. The summed E-state index contributed by atoms with van der Waals surface area (Å²) in [5.74, 6) is 0. The van der Waals surface area contributed by atoms with Gasteiger partial charge in [-0.2, -0.15) is 0 Å². The van der Waals surface area contributed by atoms with Gasteiger partial charge < -0.3 is 9.80 Å². The first-order valence-corrected chi connectivity index (χ1v) is 12.6. The van der Waals surface area contributed by atoms with Crippen molar-refractivity contribution in [3.8, 4) is 0 Å². The minimum atomic E-state index is -3.70. The number of rotatable bonds is 5. The molecular formula is C23H28BrN3O2S. The van der Waals surface area contributed by atoms with Crippen LogP contribution in [0, 0.1) is 0 Å². The quantitative estimate of drug-likeness (QED) is 0.508. The molecule has 7 heteroatoms. The Bertz CT molecular complexity index is 1150. The fraction of sp³-hybridized carbons (Fsp3) is 0.391. The standard InChI is InChI=1S/C23H28BrN3O2S/c1-17(2)27(18-11-14-25(3)15-12-18)22-9-6-8-21-19(22)13-16-26(21)30(28,29)23-10-5-4-7-20(23)24/h4-10,13,16-18H,11-12,14-15H2,1-3H3. The Kier molecular flexibility index (Phi) is 5.97. The first-order chi connectivity index (χ1) is 14.3. The lowest BCUT2D eigenvalue weighted by molar-refractivity contribution is 0.246. The van der Waals surface area contributed by atoms with E-state index < -0.39 is 10.0 Å². The third-order valence-electron chi connectivity index (χ3n) is 5.96. The summed E-state index contributed by atoms with van der Waals surface area (Å²) in [5, 5.41) is 0.973. The van der Waals surface area contributed by atoms with Crippen molar-refractivity contribution in [3.05, 3.63) is 59.2 Å². The van der Waals surface area contributed by atoms with Crippen molar-refractivity contribution < 1.29 is 8.42 Å².